The summed E-state index contributed by atoms with van der Waals surface area (Å²) < 4.78 is 5.84. The summed E-state index contributed by atoms with van der Waals surface area (Å²) in [6, 6.07) is 9.12. The minimum Gasteiger partial charge on any atom is -0.490 e. The third-order valence-corrected chi connectivity index (χ3v) is 4.87. The number of rotatable bonds is 4. The zero-order valence-electron chi connectivity index (χ0n) is 13.0. The molecule has 0 bridgehead atoms. The zero-order chi connectivity index (χ0) is 14.7. The fourth-order valence-electron chi connectivity index (χ4n) is 3.61. The molecule has 116 valence electrons. The number of anilines is 1. The van der Waals surface area contributed by atoms with Gasteiger partial charge in [0.25, 0.3) is 0 Å². The van der Waals surface area contributed by atoms with Crippen LogP contribution in [-0.2, 0) is 0 Å². The smallest absolute Gasteiger partial charge is 0.142 e. The van der Waals surface area contributed by atoms with E-state index < -0.39 is 0 Å². The number of piperidine rings is 1. The number of nitrogens with two attached hydrogens (primary N) is 1. The van der Waals surface area contributed by atoms with Gasteiger partial charge in [-0.2, -0.15) is 0 Å². The van der Waals surface area contributed by atoms with Gasteiger partial charge in [-0.05, 0) is 38.4 Å². The predicted molar refractivity (Wildman–Crippen MR) is 86.6 cm³/mol. The normalized spacial score (nSPS) is 27.3. The molecule has 2 N–H and O–H groups in total. The number of hydrogen-bond donors (Lipinski definition) is 1. The van der Waals surface area contributed by atoms with Crippen molar-refractivity contribution >= 4 is 5.69 Å². The molecule has 0 saturated carbocycles. The van der Waals surface area contributed by atoms with Crippen molar-refractivity contribution in [3.8, 4) is 5.75 Å². The molecule has 3 rings (SSSR count). The van der Waals surface area contributed by atoms with Crippen LogP contribution in [0.15, 0.2) is 24.3 Å². The summed E-state index contributed by atoms with van der Waals surface area (Å²) in [7, 11) is 0. The van der Waals surface area contributed by atoms with Gasteiger partial charge in [-0.1, -0.05) is 18.6 Å². The van der Waals surface area contributed by atoms with Crippen molar-refractivity contribution in [2.75, 3.05) is 38.5 Å². The molecule has 4 nitrogen and oxygen atoms in total. The van der Waals surface area contributed by atoms with Crippen LogP contribution in [0.4, 0.5) is 5.69 Å². The standard InChI is InChI=1S/C17H27N3O/c1-14-12-20-9-5-4-6-15(20)13-19(14)10-11-21-17-8-3-2-7-16(17)18/h2-3,7-8,14-15H,4-6,9-13,18H2,1H3. The topological polar surface area (TPSA) is 41.7 Å². The van der Waals surface area contributed by atoms with Crippen molar-refractivity contribution in [2.24, 2.45) is 0 Å². The summed E-state index contributed by atoms with van der Waals surface area (Å²) in [5.74, 6) is 0.807. The molecule has 2 heterocycles. The second kappa shape index (κ2) is 6.67. The lowest BCUT2D eigenvalue weighted by atomic mass is 9.97. The Balaban J connectivity index is 1.50. The lowest BCUT2D eigenvalue weighted by Crippen LogP contribution is -2.59. The van der Waals surface area contributed by atoms with Gasteiger partial charge in [-0.15, -0.1) is 0 Å². The van der Waals surface area contributed by atoms with E-state index in [0.717, 1.165) is 24.0 Å². The number of benzene rings is 1. The van der Waals surface area contributed by atoms with E-state index in [0.29, 0.717) is 12.6 Å². The van der Waals surface area contributed by atoms with E-state index in [1.54, 1.807) is 0 Å². The maximum atomic E-state index is 5.91. The number of nitrogens with zero attached hydrogens (tertiary/aromatic N) is 2. The predicted octanol–water partition coefficient (Wildman–Crippen LogP) is 2.21. The molecule has 21 heavy (non-hydrogen) atoms. The fourth-order valence-corrected chi connectivity index (χ4v) is 3.61. The van der Waals surface area contributed by atoms with Gasteiger partial charge in [0.1, 0.15) is 12.4 Å². The van der Waals surface area contributed by atoms with E-state index in [4.69, 9.17) is 10.5 Å². The Labute approximate surface area is 127 Å². The molecule has 0 radical (unpaired) electrons. The molecule has 4 heteroatoms. The maximum absolute atomic E-state index is 5.91. The van der Waals surface area contributed by atoms with E-state index in [1.165, 1.54) is 38.9 Å². The van der Waals surface area contributed by atoms with Gasteiger partial charge in [0.2, 0.25) is 0 Å². The second-order valence-corrected chi connectivity index (χ2v) is 6.37. The van der Waals surface area contributed by atoms with Gasteiger partial charge >= 0.3 is 0 Å². The molecule has 0 aliphatic carbocycles. The maximum Gasteiger partial charge on any atom is 0.142 e. The molecule has 0 aromatic heterocycles. The molecule has 2 saturated heterocycles. The molecule has 2 aliphatic rings. The van der Waals surface area contributed by atoms with Crippen molar-refractivity contribution in [3.63, 3.8) is 0 Å². The van der Waals surface area contributed by atoms with Crippen molar-refractivity contribution in [1.82, 2.24) is 9.80 Å². The Morgan fingerprint density at radius 1 is 1.24 bits per heavy atom. The van der Waals surface area contributed by atoms with Crippen molar-refractivity contribution in [3.05, 3.63) is 24.3 Å². The highest BCUT2D eigenvalue weighted by atomic mass is 16.5. The van der Waals surface area contributed by atoms with Gasteiger partial charge < -0.3 is 10.5 Å². The third kappa shape index (κ3) is 3.50. The number of ether oxygens (including phenoxy) is 1. The monoisotopic (exact) mass is 289 g/mol. The average molecular weight is 289 g/mol. The first-order chi connectivity index (χ1) is 10.2. The van der Waals surface area contributed by atoms with Gasteiger partial charge in [0.05, 0.1) is 5.69 Å². The van der Waals surface area contributed by atoms with Crippen LogP contribution in [0.1, 0.15) is 26.2 Å². The molecule has 0 spiro atoms. The van der Waals surface area contributed by atoms with Crippen LogP contribution in [0.3, 0.4) is 0 Å². The Hall–Kier alpha value is -1.26. The van der Waals surface area contributed by atoms with Crippen LogP contribution < -0.4 is 10.5 Å². The zero-order valence-corrected chi connectivity index (χ0v) is 13.0. The number of para-hydroxylation sites is 2. The number of fused-ring (bicyclic) bond motifs is 1. The van der Waals surface area contributed by atoms with E-state index in [2.05, 4.69) is 16.7 Å². The average Bonchev–Trinajstić information content (AvgIpc) is 2.49. The van der Waals surface area contributed by atoms with Gasteiger partial charge in [0.15, 0.2) is 0 Å². The van der Waals surface area contributed by atoms with Gasteiger partial charge in [-0.3, -0.25) is 9.80 Å². The lowest BCUT2D eigenvalue weighted by molar-refractivity contribution is 0.00977. The first kappa shape index (κ1) is 14.7. The Morgan fingerprint density at radius 3 is 2.95 bits per heavy atom. The largest absolute Gasteiger partial charge is 0.490 e. The Morgan fingerprint density at radius 2 is 2.10 bits per heavy atom. The molecule has 1 aromatic rings. The van der Waals surface area contributed by atoms with E-state index in [1.807, 2.05) is 24.3 Å². The molecule has 2 fully saturated rings. The molecule has 2 aliphatic heterocycles. The summed E-state index contributed by atoms with van der Waals surface area (Å²) >= 11 is 0. The molecular formula is C17H27N3O. The number of nitrogen functional groups attached to an aromatic ring is 1. The fraction of sp³-hybridized carbons (Fsp3) is 0.647. The van der Waals surface area contributed by atoms with Crippen molar-refractivity contribution in [2.45, 2.75) is 38.3 Å². The van der Waals surface area contributed by atoms with Crippen LogP contribution in [0.25, 0.3) is 0 Å². The van der Waals surface area contributed by atoms with Gasteiger partial charge in [-0.25, -0.2) is 0 Å². The van der Waals surface area contributed by atoms with Crippen LogP contribution in [0, 0.1) is 0 Å². The Bertz CT molecular complexity index is 465. The molecule has 2 unspecified atom stereocenters. The first-order valence-electron chi connectivity index (χ1n) is 8.19. The lowest BCUT2D eigenvalue weighted by Gasteiger charge is -2.47. The molecule has 2 atom stereocenters. The van der Waals surface area contributed by atoms with E-state index in [-0.39, 0.29) is 0 Å². The molecular weight excluding hydrogens is 262 g/mol. The van der Waals surface area contributed by atoms with Crippen LogP contribution >= 0.6 is 0 Å². The number of hydrogen-bond acceptors (Lipinski definition) is 4. The minimum atomic E-state index is 0.621. The minimum absolute atomic E-state index is 0.621. The summed E-state index contributed by atoms with van der Waals surface area (Å²) in [6.07, 6.45) is 4.12. The highest BCUT2D eigenvalue weighted by molar-refractivity contribution is 5.51. The summed E-state index contributed by atoms with van der Waals surface area (Å²) in [4.78, 5) is 5.26. The van der Waals surface area contributed by atoms with E-state index >= 15 is 0 Å². The van der Waals surface area contributed by atoms with Crippen molar-refractivity contribution < 1.29 is 4.74 Å². The highest BCUT2D eigenvalue weighted by Crippen LogP contribution is 2.24. The summed E-state index contributed by atoms with van der Waals surface area (Å²) in [5, 5.41) is 0. The summed E-state index contributed by atoms with van der Waals surface area (Å²) in [5.41, 5.74) is 6.63. The third-order valence-electron chi connectivity index (χ3n) is 4.87. The van der Waals surface area contributed by atoms with Crippen molar-refractivity contribution in [1.29, 1.82) is 0 Å². The first-order valence-corrected chi connectivity index (χ1v) is 8.19. The van der Waals surface area contributed by atoms with Crippen LogP contribution in [-0.4, -0.2) is 54.7 Å². The highest BCUT2D eigenvalue weighted by Gasteiger charge is 2.32. The quantitative estimate of drug-likeness (QED) is 0.863. The molecule has 0 amide bonds. The molecule has 1 aromatic carbocycles. The summed E-state index contributed by atoms with van der Waals surface area (Å²) in [6.45, 7) is 7.72. The van der Waals surface area contributed by atoms with Crippen LogP contribution in [0.5, 0.6) is 5.75 Å². The van der Waals surface area contributed by atoms with Gasteiger partial charge in [0, 0.05) is 31.7 Å². The number of piperazine rings is 1. The van der Waals surface area contributed by atoms with E-state index in [9.17, 15) is 0 Å². The van der Waals surface area contributed by atoms with Crippen LogP contribution in [0.2, 0.25) is 0 Å². The SMILES string of the molecule is CC1CN2CCCCC2CN1CCOc1ccccc1N. The second-order valence-electron chi connectivity index (χ2n) is 6.37. The Kier molecular flexibility index (Phi) is 4.66.